The molecule has 1 N–H and O–H groups in total. The normalized spacial score (nSPS) is 16.8. The molecule has 2 aromatic carbocycles. The molecule has 0 aliphatic heterocycles. The molecule has 1 aliphatic rings. The standard InChI is InChI=1S/C22H24FNO/c1-17-14-20(23)10-11-22(17)24-13-12-18-8-5-9-21(15-18)25-16-19-6-3-2-4-7-19/h2-11,15,17,24H,12-14,16H2,1H3. The van der Waals surface area contributed by atoms with Gasteiger partial charge in [-0.1, -0.05) is 49.4 Å². The Labute approximate surface area is 149 Å². The van der Waals surface area contributed by atoms with E-state index in [4.69, 9.17) is 4.74 Å². The number of benzene rings is 2. The molecule has 1 atom stereocenters. The van der Waals surface area contributed by atoms with E-state index in [-0.39, 0.29) is 11.7 Å². The number of rotatable bonds is 7. The highest BCUT2D eigenvalue weighted by Crippen LogP contribution is 2.23. The molecule has 130 valence electrons. The van der Waals surface area contributed by atoms with E-state index in [1.165, 1.54) is 5.56 Å². The Morgan fingerprint density at radius 3 is 2.64 bits per heavy atom. The first-order valence-corrected chi connectivity index (χ1v) is 8.76. The van der Waals surface area contributed by atoms with Crippen LogP contribution in [0.4, 0.5) is 4.39 Å². The topological polar surface area (TPSA) is 21.3 Å². The Balaban J connectivity index is 1.50. The first kappa shape index (κ1) is 17.3. The maximum Gasteiger partial charge on any atom is 0.120 e. The summed E-state index contributed by atoms with van der Waals surface area (Å²) in [7, 11) is 0. The predicted octanol–water partition coefficient (Wildman–Crippen LogP) is 5.17. The molecule has 0 radical (unpaired) electrons. The van der Waals surface area contributed by atoms with E-state index in [9.17, 15) is 4.39 Å². The van der Waals surface area contributed by atoms with Crippen LogP contribution in [0.15, 0.2) is 78.3 Å². The van der Waals surface area contributed by atoms with E-state index in [0.29, 0.717) is 13.0 Å². The minimum Gasteiger partial charge on any atom is -0.489 e. The molecule has 1 unspecified atom stereocenters. The summed E-state index contributed by atoms with van der Waals surface area (Å²) in [6.45, 7) is 3.45. The van der Waals surface area contributed by atoms with Crippen LogP contribution in [-0.4, -0.2) is 6.54 Å². The van der Waals surface area contributed by atoms with Gasteiger partial charge in [0.25, 0.3) is 0 Å². The summed E-state index contributed by atoms with van der Waals surface area (Å²) < 4.78 is 19.1. The number of allylic oxidation sites excluding steroid dienone is 4. The fourth-order valence-electron chi connectivity index (χ4n) is 2.93. The van der Waals surface area contributed by atoms with Crippen molar-refractivity contribution in [3.05, 3.63) is 89.4 Å². The maximum absolute atomic E-state index is 13.2. The van der Waals surface area contributed by atoms with Gasteiger partial charge in [0.2, 0.25) is 0 Å². The molecule has 0 saturated heterocycles. The zero-order valence-corrected chi connectivity index (χ0v) is 14.5. The minimum absolute atomic E-state index is 0.0404. The molecule has 2 aromatic rings. The fraction of sp³-hybridized carbons (Fsp3) is 0.273. The van der Waals surface area contributed by atoms with Crippen LogP contribution >= 0.6 is 0 Å². The van der Waals surface area contributed by atoms with Crippen molar-refractivity contribution in [1.82, 2.24) is 5.32 Å². The van der Waals surface area contributed by atoms with Gasteiger partial charge in [0.15, 0.2) is 0 Å². The molecular formula is C22H24FNO. The number of ether oxygens (including phenoxy) is 1. The van der Waals surface area contributed by atoms with Gasteiger partial charge in [0, 0.05) is 24.6 Å². The van der Waals surface area contributed by atoms with E-state index in [1.807, 2.05) is 43.3 Å². The van der Waals surface area contributed by atoms with Gasteiger partial charge in [0.1, 0.15) is 18.2 Å². The van der Waals surface area contributed by atoms with Crippen molar-refractivity contribution < 1.29 is 9.13 Å². The Bertz CT molecular complexity index is 752. The average Bonchev–Trinajstić information content (AvgIpc) is 2.63. The first-order chi connectivity index (χ1) is 12.2. The number of hydrogen-bond acceptors (Lipinski definition) is 2. The zero-order chi connectivity index (χ0) is 17.5. The highest BCUT2D eigenvalue weighted by atomic mass is 19.1. The van der Waals surface area contributed by atoms with Crippen molar-refractivity contribution in [3.63, 3.8) is 0 Å². The summed E-state index contributed by atoms with van der Waals surface area (Å²) in [4.78, 5) is 0. The van der Waals surface area contributed by atoms with Crippen LogP contribution in [-0.2, 0) is 13.0 Å². The average molecular weight is 337 g/mol. The third-order valence-corrected chi connectivity index (χ3v) is 4.37. The van der Waals surface area contributed by atoms with Crippen LogP contribution < -0.4 is 10.1 Å². The first-order valence-electron chi connectivity index (χ1n) is 8.76. The highest BCUT2D eigenvalue weighted by Gasteiger charge is 2.14. The van der Waals surface area contributed by atoms with Crippen molar-refractivity contribution in [2.75, 3.05) is 6.54 Å². The number of halogens is 1. The van der Waals surface area contributed by atoms with E-state index in [1.54, 1.807) is 6.08 Å². The Hall–Kier alpha value is -2.55. The lowest BCUT2D eigenvalue weighted by Gasteiger charge is -2.20. The summed E-state index contributed by atoms with van der Waals surface area (Å²) in [5.41, 5.74) is 3.50. The summed E-state index contributed by atoms with van der Waals surface area (Å²) in [5, 5.41) is 3.43. The second kappa shape index (κ2) is 8.52. The second-order valence-corrected chi connectivity index (χ2v) is 6.44. The molecule has 0 fully saturated rings. The van der Waals surface area contributed by atoms with Crippen molar-refractivity contribution in [1.29, 1.82) is 0 Å². The van der Waals surface area contributed by atoms with Crippen molar-refractivity contribution in [2.45, 2.75) is 26.4 Å². The van der Waals surface area contributed by atoms with Gasteiger partial charge in [-0.2, -0.15) is 0 Å². The lowest BCUT2D eigenvalue weighted by atomic mass is 9.98. The van der Waals surface area contributed by atoms with Gasteiger partial charge in [-0.15, -0.1) is 0 Å². The van der Waals surface area contributed by atoms with Gasteiger partial charge in [-0.05, 0) is 41.8 Å². The predicted molar refractivity (Wildman–Crippen MR) is 100.0 cm³/mol. The lowest BCUT2D eigenvalue weighted by molar-refractivity contribution is 0.306. The van der Waals surface area contributed by atoms with Crippen LogP contribution in [0.2, 0.25) is 0 Å². The summed E-state index contributed by atoms with van der Waals surface area (Å²) in [5.74, 6) is 1.06. The zero-order valence-electron chi connectivity index (χ0n) is 14.5. The second-order valence-electron chi connectivity index (χ2n) is 6.44. The van der Waals surface area contributed by atoms with Crippen molar-refractivity contribution >= 4 is 0 Å². The van der Waals surface area contributed by atoms with Gasteiger partial charge in [-0.25, -0.2) is 4.39 Å². The summed E-state index contributed by atoms with van der Waals surface area (Å²) in [6, 6.07) is 18.4. The van der Waals surface area contributed by atoms with Crippen LogP contribution in [0, 0.1) is 5.92 Å². The van der Waals surface area contributed by atoms with Crippen molar-refractivity contribution in [2.24, 2.45) is 5.92 Å². The molecule has 1 aliphatic carbocycles. The largest absolute Gasteiger partial charge is 0.489 e. The number of nitrogens with one attached hydrogen (secondary N) is 1. The van der Waals surface area contributed by atoms with Gasteiger partial charge in [-0.3, -0.25) is 0 Å². The SMILES string of the molecule is CC1CC(F)=CC=C1NCCc1cccc(OCc2ccccc2)c1. The van der Waals surface area contributed by atoms with E-state index >= 15 is 0 Å². The highest BCUT2D eigenvalue weighted by molar-refractivity contribution is 5.29. The number of hydrogen-bond donors (Lipinski definition) is 1. The quantitative estimate of drug-likeness (QED) is 0.752. The third-order valence-electron chi connectivity index (χ3n) is 4.37. The monoisotopic (exact) mass is 337 g/mol. The molecule has 0 saturated carbocycles. The summed E-state index contributed by atoms with van der Waals surface area (Å²) in [6.07, 6.45) is 4.80. The van der Waals surface area contributed by atoms with Gasteiger partial charge >= 0.3 is 0 Å². The fourth-order valence-corrected chi connectivity index (χ4v) is 2.93. The Morgan fingerprint density at radius 2 is 1.84 bits per heavy atom. The van der Waals surface area contributed by atoms with Crippen LogP contribution in [0.5, 0.6) is 5.75 Å². The third kappa shape index (κ3) is 5.21. The molecule has 3 rings (SSSR count). The Kier molecular flexibility index (Phi) is 5.89. The van der Waals surface area contributed by atoms with Gasteiger partial charge in [0.05, 0.1) is 0 Å². The molecule has 0 amide bonds. The molecule has 0 aromatic heterocycles. The van der Waals surface area contributed by atoms with Crippen LogP contribution in [0.3, 0.4) is 0 Å². The minimum atomic E-state index is -0.0404. The van der Waals surface area contributed by atoms with Gasteiger partial charge < -0.3 is 10.1 Å². The van der Waals surface area contributed by atoms with Crippen molar-refractivity contribution in [3.8, 4) is 5.75 Å². The Morgan fingerprint density at radius 1 is 1.04 bits per heavy atom. The summed E-state index contributed by atoms with van der Waals surface area (Å²) >= 11 is 0. The lowest BCUT2D eigenvalue weighted by Crippen LogP contribution is -2.22. The smallest absolute Gasteiger partial charge is 0.120 e. The van der Waals surface area contributed by atoms with Crippen LogP contribution in [0.25, 0.3) is 0 Å². The molecule has 25 heavy (non-hydrogen) atoms. The van der Waals surface area contributed by atoms with Crippen LogP contribution in [0.1, 0.15) is 24.5 Å². The molecule has 2 nitrogen and oxygen atoms in total. The maximum atomic E-state index is 13.2. The van der Waals surface area contributed by atoms with E-state index < -0.39 is 0 Å². The molecule has 3 heteroatoms. The molecule has 0 spiro atoms. The van der Waals surface area contributed by atoms with E-state index in [2.05, 4.69) is 29.6 Å². The molecule has 0 heterocycles. The van der Waals surface area contributed by atoms with E-state index in [0.717, 1.165) is 30.0 Å². The molecular weight excluding hydrogens is 313 g/mol. The molecule has 0 bridgehead atoms.